The van der Waals surface area contributed by atoms with Crippen LogP contribution >= 0.6 is 35.0 Å². The number of hydrogen-bond donors (Lipinski definition) is 2. The van der Waals surface area contributed by atoms with Crippen molar-refractivity contribution in [2.45, 2.75) is 0 Å². The molecule has 2 aromatic rings. The van der Waals surface area contributed by atoms with Crippen LogP contribution in [0.5, 0.6) is 5.75 Å². The van der Waals surface area contributed by atoms with Crippen LogP contribution in [0, 0.1) is 0 Å². The summed E-state index contributed by atoms with van der Waals surface area (Å²) in [7, 11) is 0. The Morgan fingerprint density at radius 2 is 1.84 bits per heavy atom. The van der Waals surface area contributed by atoms with Gasteiger partial charge >= 0.3 is 0 Å². The zero-order valence-electron chi connectivity index (χ0n) is 16.5. The molecule has 1 heterocycles. The standard InChI is InChI=1S/C21H17Cl2N3O5S/c22-15-3-1-2-13(18(15)23)10-16-20(29)26(21(30)32-16)9-8-25-19(28)12-4-6-14(7-5-12)31-11-17(24)27/h1-7,10H,8-9,11H2,(H2,24,27)(H,25,28)/b16-10-. The van der Waals surface area contributed by atoms with E-state index in [4.69, 9.17) is 33.7 Å². The number of halogens is 2. The average Bonchev–Trinajstić information content (AvgIpc) is 3.03. The number of ether oxygens (including phenoxy) is 1. The fourth-order valence-electron chi connectivity index (χ4n) is 2.71. The first-order valence-corrected chi connectivity index (χ1v) is 10.8. The second-order valence-electron chi connectivity index (χ2n) is 6.51. The third-order valence-corrected chi connectivity index (χ3v) is 6.00. The van der Waals surface area contributed by atoms with Gasteiger partial charge in [0, 0.05) is 18.7 Å². The van der Waals surface area contributed by atoms with Gasteiger partial charge in [0.2, 0.25) is 0 Å². The van der Waals surface area contributed by atoms with Crippen LogP contribution in [0.25, 0.3) is 6.08 Å². The lowest BCUT2D eigenvalue weighted by molar-refractivity contribution is -0.122. The maximum Gasteiger partial charge on any atom is 0.293 e. The Balaban J connectivity index is 1.55. The third-order valence-electron chi connectivity index (χ3n) is 4.26. The van der Waals surface area contributed by atoms with E-state index in [0.717, 1.165) is 16.7 Å². The molecule has 3 N–H and O–H groups in total. The molecule has 0 spiro atoms. The summed E-state index contributed by atoms with van der Waals surface area (Å²) >= 11 is 12.9. The third kappa shape index (κ3) is 5.82. The molecule has 1 aliphatic rings. The van der Waals surface area contributed by atoms with Crippen LogP contribution < -0.4 is 15.8 Å². The van der Waals surface area contributed by atoms with Crippen LogP contribution in [0.15, 0.2) is 47.4 Å². The molecule has 3 rings (SSSR count). The van der Waals surface area contributed by atoms with E-state index >= 15 is 0 Å². The van der Waals surface area contributed by atoms with E-state index in [2.05, 4.69) is 5.32 Å². The van der Waals surface area contributed by atoms with E-state index in [-0.39, 0.29) is 30.5 Å². The predicted octanol–water partition coefficient (Wildman–Crippen LogP) is 3.32. The summed E-state index contributed by atoms with van der Waals surface area (Å²) in [5.74, 6) is -1.07. The van der Waals surface area contributed by atoms with E-state index in [1.54, 1.807) is 18.2 Å². The van der Waals surface area contributed by atoms with Crippen molar-refractivity contribution in [3.63, 3.8) is 0 Å². The fraction of sp³-hybridized carbons (Fsp3) is 0.143. The minimum absolute atomic E-state index is 0.0107. The van der Waals surface area contributed by atoms with E-state index < -0.39 is 17.1 Å². The first-order valence-electron chi connectivity index (χ1n) is 9.25. The molecule has 166 valence electrons. The smallest absolute Gasteiger partial charge is 0.293 e. The molecule has 0 radical (unpaired) electrons. The number of hydrogen-bond acceptors (Lipinski definition) is 6. The topological polar surface area (TPSA) is 119 Å². The van der Waals surface area contributed by atoms with Crippen molar-refractivity contribution >= 4 is 64.0 Å². The van der Waals surface area contributed by atoms with Crippen molar-refractivity contribution in [3.05, 3.63) is 68.5 Å². The van der Waals surface area contributed by atoms with E-state index in [1.807, 2.05) is 0 Å². The predicted molar refractivity (Wildman–Crippen MR) is 123 cm³/mol. The number of nitrogens with one attached hydrogen (secondary N) is 1. The largest absolute Gasteiger partial charge is 0.484 e. The SMILES string of the molecule is NC(=O)COc1ccc(C(=O)NCCN2C(=O)S/C(=C\c3cccc(Cl)c3Cl)C2=O)cc1. The number of carbonyl (C=O) groups excluding carboxylic acids is 4. The Kier molecular flexibility index (Phi) is 7.79. The highest BCUT2D eigenvalue weighted by Crippen LogP contribution is 2.34. The molecule has 0 atom stereocenters. The average molecular weight is 494 g/mol. The molecule has 32 heavy (non-hydrogen) atoms. The Hall–Kier alpha value is -3.01. The van der Waals surface area contributed by atoms with Crippen LogP contribution in [-0.2, 0) is 9.59 Å². The van der Waals surface area contributed by atoms with Crippen molar-refractivity contribution in [1.82, 2.24) is 10.2 Å². The van der Waals surface area contributed by atoms with Crippen LogP contribution in [0.4, 0.5) is 4.79 Å². The Morgan fingerprint density at radius 3 is 2.53 bits per heavy atom. The summed E-state index contributed by atoms with van der Waals surface area (Å²) in [6.07, 6.45) is 1.51. The molecule has 11 heteroatoms. The molecule has 4 amide bonds. The quantitative estimate of drug-likeness (QED) is 0.544. The van der Waals surface area contributed by atoms with E-state index in [0.29, 0.717) is 26.9 Å². The molecule has 0 unspecified atom stereocenters. The second-order valence-corrected chi connectivity index (χ2v) is 8.29. The lowest BCUT2D eigenvalue weighted by Gasteiger charge is -2.13. The summed E-state index contributed by atoms with van der Waals surface area (Å²) in [6.45, 7) is -0.180. The molecule has 0 bridgehead atoms. The molecule has 1 aliphatic heterocycles. The van der Waals surface area contributed by atoms with Crippen molar-refractivity contribution in [2.75, 3.05) is 19.7 Å². The van der Waals surface area contributed by atoms with Gasteiger partial charge in [-0.25, -0.2) is 0 Å². The monoisotopic (exact) mass is 493 g/mol. The Bertz CT molecular complexity index is 1110. The van der Waals surface area contributed by atoms with Gasteiger partial charge in [-0.3, -0.25) is 24.1 Å². The summed E-state index contributed by atoms with van der Waals surface area (Å²) in [6, 6.07) is 11.1. The minimum atomic E-state index is -0.607. The lowest BCUT2D eigenvalue weighted by atomic mass is 10.2. The highest BCUT2D eigenvalue weighted by molar-refractivity contribution is 8.18. The molecule has 1 fully saturated rings. The van der Waals surface area contributed by atoms with E-state index in [9.17, 15) is 19.2 Å². The molecule has 8 nitrogen and oxygen atoms in total. The number of imide groups is 1. The van der Waals surface area contributed by atoms with Crippen LogP contribution in [0.2, 0.25) is 10.0 Å². The summed E-state index contributed by atoms with van der Waals surface area (Å²) in [4.78, 5) is 49.1. The highest BCUT2D eigenvalue weighted by Gasteiger charge is 2.34. The van der Waals surface area contributed by atoms with Crippen molar-refractivity contribution in [2.24, 2.45) is 5.73 Å². The number of primary amides is 1. The molecular weight excluding hydrogens is 477 g/mol. The molecule has 2 aromatic carbocycles. The van der Waals surface area contributed by atoms with Crippen molar-refractivity contribution in [3.8, 4) is 5.75 Å². The molecule has 0 aliphatic carbocycles. The van der Waals surface area contributed by atoms with Gasteiger partial charge < -0.3 is 15.8 Å². The maximum absolute atomic E-state index is 12.6. The van der Waals surface area contributed by atoms with Gasteiger partial charge in [0.25, 0.3) is 23.0 Å². The number of thioether (sulfide) groups is 1. The molecule has 0 saturated carbocycles. The van der Waals surface area contributed by atoms with Gasteiger partial charge in [0.15, 0.2) is 6.61 Å². The van der Waals surface area contributed by atoms with Gasteiger partial charge in [-0.15, -0.1) is 0 Å². The summed E-state index contributed by atoms with van der Waals surface area (Å²) < 4.78 is 5.13. The lowest BCUT2D eigenvalue weighted by Crippen LogP contribution is -2.37. The fourth-order valence-corrected chi connectivity index (χ4v) is 3.92. The Labute approximate surface area is 197 Å². The Morgan fingerprint density at radius 1 is 1.12 bits per heavy atom. The number of rotatable bonds is 8. The van der Waals surface area contributed by atoms with Gasteiger partial charge in [0.05, 0.1) is 15.0 Å². The first kappa shape index (κ1) is 23.6. The van der Waals surface area contributed by atoms with Gasteiger partial charge in [-0.1, -0.05) is 35.3 Å². The number of benzene rings is 2. The van der Waals surface area contributed by atoms with Crippen LogP contribution in [-0.4, -0.2) is 47.6 Å². The van der Waals surface area contributed by atoms with Gasteiger partial charge in [-0.2, -0.15) is 0 Å². The summed E-state index contributed by atoms with van der Waals surface area (Å²) in [5.41, 5.74) is 5.89. The normalized spacial score (nSPS) is 14.7. The summed E-state index contributed by atoms with van der Waals surface area (Å²) in [5, 5.41) is 2.84. The maximum atomic E-state index is 12.6. The number of carbonyl (C=O) groups is 4. The number of nitrogens with two attached hydrogens (primary N) is 1. The molecule has 1 saturated heterocycles. The van der Waals surface area contributed by atoms with Crippen molar-refractivity contribution < 1.29 is 23.9 Å². The highest BCUT2D eigenvalue weighted by atomic mass is 35.5. The number of amides is 4. The zero-order valence-corrected chi connectivity index (χ0v) is 18.8. The van der Waals surface area contributed by atoms with Crippen LogP contribution in [0.1, 0.15) is 15.9 Å². The zero-order chi connectivity index (χ0) is 23.3. The second kappa shape index (κ2) is 10.5. The van der Waals surface area contributed by atoms with E-state index in [1.165, 1.54) is 30.3 Å². The first-order chi connectivity index (χ1) is 15.3. The molecular formula is C21H17Cl2N3O5S. The van der Waals surface area contributed by atoms with Crippen molar-refractivity contribution in [1.29, 1.82) is 0 Å². The van der Waals surface area contributed by atoms with Crippen LogP contribution in [0.3, 0.4) is 0 Å². The van der Waals surface area contributed by atoms with Gasteiger partial charge in [-0.05, 0) is 53.7 Å². The molecule has 0 aromatic heterocycles. The van der Waals surface area contributed by atoms with Gasteiger partial charge in [0.1, 0.15) is 5.75 Å². The minimum Gasteiger partial charge on any atom is -0.484 e. The number of nitrogens with zero attached hydrogens (tertiary/aromatic N) is 1.